The molecule has 0 radical (unpaired) electrons. The predicted molar refractivity (Wildman–Crippen MR) is 86.4 cm³/mol. The summed E-state index contributed by atoms with van der Waals surface area (Å²) < 4.78 is 0. The van der Waals surface area contributed by atoms with E-state index in [-0.39, 0.29) is 17.9 Å². The number of piperidine rings is 1. The first-order valence-corrected chi connectivity index (χ1v) is 8.22. The minimum absolute atomic E-state index is 0.0162. The van der Waals surface area contributed by atoms with Gasteiger partial charge in [-0.2, -0.15) is 0 Å². The molecular weight excluding hydrogens is 280 g/mol. The highest BCUT2D eigenvalue weighted by Crippen LogP contribution is 2.17. The Bertz CT molecular complexity index is 405. The Kier molecular flexibility index (Phi) is 6.39. The van der Waals surface area contributed by atoms with E-state index in [1.165, 1.54) is 0 Å². The van der Waals surface area contributed by atoms with Crippen LogP contribution >= 0.6 is 0 Å². The van der Waals surface area contributed by atoms with Gasteiger partial charge in [0.25, 0.3) is 0 Å². The van der Waals surface area contributed by atoms with Gasteiger partial charge in [0.15, 0.2) is 0 Å². The molecule has 2 amide bonds. The first-order valence-electron chi connectivity index (χ1n) is 8.22. The van der Waals surface area contributed by atoms with Crippen LogP contribution in [0.2, 0.25) is 0 Å². The van der Waals surface area contributed by atoms with E-state index in [0.29, 0.717) is 32.1 Å². The molecule has 2 heterocycles. The average molecular weight is 308 g/mol. The van der Waals surface area contributed by atoms with Crippen LogP contribution in [0.25, 0.3) is 0 Å². The summed E-state index contributed by atoms with van der Waals surface area (Å²) in [6, 6.07) is -0.0220. The largest absolute Gasteiger partial charge is 0.352 e. The molecule has 2 rings (SSSR count). The maximum absolute atomic E-state index is 12.5. The van der Waals surface area contributed by atoms with E-state index in [2.05, 4.69) is 29.0 Å². The molecule has 2 unspecified atom stereocenters. The van der Waals surface area contributed by atoms with Gasteiger partial charge in [-0.05, 0) is 25.3 Å². The Morgan fingerprint density at radius 2 is 2.05 bits per heavy atom. The van der Waals surface area contributed by atoms with Gasteiger partial charge in [0.1, 0.15) is 0 Å². The smallest absolute Gasteiger partial charge is 0.239 e. The maximum atomic E-state index is 12.5. The molecule has 22 heavy (non-hydrogen) atoms. The highest BCUT2D eigenvalue weighted by Gasteiger charge is 2.30. The monoisotopic (exact) mass is 308 g/mol. The zero-order valence-electron chi connectivity index (χ0n) is 13.5. The summed E-state index contributed by atoms with van der Waals surface area (Å²) in [6.07, 6.45) is 3.76. The van der Waals surface area contributed by atoms with Crippen molar-refractivity contribution in [3.63, 3.8) is 0 Å². The van der Waals surface area contributed by atoms with Crippen molar-refractivity contribution in [2.24, 2.45) is 5.92 Å². The first kappa shape index (κ1) is 17.0. The third-order valence-electron chi connectivity index (χ3n) is 4.46. The normalized spacial score (nSPS) is 26.5. The lowest BCUT2D eigenvalue weighted by Gasteiger charge is -2.37. The quantitative estimate of drug-likeness (QED) is 0.692. The van der Waals surface area contributed by atoms with Gasteiger partial charge in [0.2, 0.25) is 11.8 Å². The van der Waals surface area contributed by atoms with Gasteiger partial charge < -0.3 is 15.5 Å². The van der Waals surface area contributed by atoms with Crippen molar-refractivity contribution < 1.29 is 9.59 Å². The molecule has 2 aliphatic heterocycles. The Morgan fingerprint density at radius 1 is 1.32 bits per heavy atom. The van der Waals surface area contributed by atoms with E-state index in [1.54, 1.807) is 6.08 Å². The number of nitrogens with zero attached hydrogens (tertiary/aromatic N) is 2. The number of hydrogen-bond donors (Lipinski definition) is 2. The van der Waals surface area contributed by atoms with Crippen molar-refractivity contribution in [2.45, 2.75) is 25.8 Å². The Balaban J connectivity index is 1.73. The number of amides is 2. The highest BCUT2D eigenvalue weighted by atomic mass is 16.2. The van der Waals surface area contributed by atoms with E-state index in [1.807, 2.05) is 4.90 Å². The third kappa shape index (κ3) is 4.81. The number of hydrogen-bond acceptors (Lipinski definition) is 4. The maximum Gasteiger partial charge on any atom is 0.239 e. The molecule has 2 aliphatic rings. The molecule has 2 N–H and O–H groups in total. The molecule has 0 aromatic carbocycles. The highest BCUT2D eigenvalue weighted by molar-refractivity contribution is 5.82. The lowest BCUT2D eigenvalue weighted by molar-refractivity contribution is -0.136. The first-order chi connectivity index (χ1) is 10.6. The fraction of sp³-hybridized carbons (Fsp3) is 0.750. The summed E-state index contributed by atoms with van der Waals surface area (Å²) in [5, 5.41) is 6.12. The molecular formula is C16H28N4O2. The Hall–Kier alpha value is -1.40. The van der Waals surface area contributed by atoms with Crippen molar-refractivity contribution >= 4 is 11.8 Å². The number of nitrogens with one attached hydrogen (secondary N) is 2. The van der Waals surface area contributed by atoms with Crippen LogP contribution in [0.3, 0.4) is 0 Å². The van der Waals surface area contributed by atoms with Crippen LogP contribution in [0.5, 0.6) is 0 Å². The number of piperazine rings is 1. The predicted octanol–water partition coefficient (Wildman–Crippen LogP) is -0.179. The Labute approximate surface area is 132 Å². The third-order valence-corrected chi connectivity index (χ3v) is 4.46. The van der Waals surface area contributed by atoms with Crippen LogP contribution in [0.1, 0.15) is 19.8 Å². The summed E-state index contributed by atoms with van der Waals surface area (Å²) in [5.41, 5.74) is 0. The minimum atomic E-state index is -0.0220. The number of carbonyl (C=O) groups is 2. The van der Waals surface area contributed by atoms with Crippen LogP contribution in [-0.4, -0.2) is 73.5 Å². The molecule has 0 aliphatic carbocycles. The van der Waals surface area contributed by atoms with E-state index in [4.69, 9.17) is 0 Å². The summed E-state index contributed by atoms with van der Waals surface area (Å²) in [6.45, 7) is 10.6. The minimum Gasteiger partial charge on any atom is -0.352 e. The van der Waals surface area contributed by atoms with Crippen LogP contribution < -0.4 is 10.6 Å². The Morgan fingerprint density at radius 3 is 2.68 bits per heavy atom. The van der Waals surface area contributed by atoms with Gasteiger partial charge in [-0.1, -0.05) is 13.0 Å². The van der Waals surface area contributed by atoms with Crippen molar-refractivity contribution in [3.8, 4) is 0 Å². The fourth-order valence-electron chi connectivity index (χ4n) is 3.09. The van der Waals surface area contributed by atoms with Gasteiger partial charge >= 0.3 is 0 Å². The van der Waals surface area contributed by atoms with Crippen LogP contribution in [0, 0.1) is 5.92 Å². The van der Waals surface area contributed by atoms with Gasteiger partial charge in [-0.25, -0.2) is 0 Å². The SMILES string of the molecule is C=CCNC(=O)CN1CCN(C(=O)C2CC(C)CCN2)CC1. The summed E-state index contributed by atoms with van der Waals surface area (Å²) in [5.74, 6) is 0.856. The second-order valence-corrected chi connectivity index (χ2v) is 6.33. The van der Waals surface area contributed by atoms with Gasteiger partial charge in [0.05, 0.1) is 12.6 Å². The molecule has 2 atom stereocenters. The molecule has 0 saturated carbocycles. The lowest BCUT2D eigenvalue weighted by atomic mass is 9.93. The second-order valence-electron chi connectivity index (χ2n) is 6.33. The lowest BCUT2D eigenvalue weighted by Crippen LogP contribution is -2.56. The molecule has 0 aromatic heterocycles. The van der Waals surface area contributed by atoms with E-state index in [0.717, 1.165) is 32.5 Å². The zero-order chi connectivity index (χ0) is 15.9. The zero-order valence-corrected chi connectivity index (χ0v) is 13.5. The van der Waals surface area contributed by atoms with Crippen molar-refractivity contribution in [1.82, 2.24) is 20.4 Å². The number of carbonyl (C=O) groups excluding carboxylic acids is 2. The summed E-state index contributed by atoms with van der Waals surface area (Å²) in [7, 11) is 0. The molecule has 2 fully saturated rings. The van der Waals surface area contributed by atoms with Crippen molar-refractivity contribution in [3.05, 3.63) is 12.7 Å². The molecule has 6 nitrogen and oxygen atoms in total. The van der Waals surface area contributed by atoms with Crippen molar-refractivity contribution in [1.29, 1.82) is 0 Å². The molecule has 6 heteroatoms. The molecule has 0 aromatic rings. The van der Waals surface area contributed by atoms with E-state index < -0.39 is 0 Å². The summed E-state index contributed by atoms with van der Waals surface area (Å²) >= 11 is 0. The van der Waals surface area contributed by atoms with E-state index >= 15 is 0 Å². The standard InChI is InChI=1S/C16H28N4O2/c1-3-5-18-15(21)12-19-7-9-20(10-8-19)16(22)14-11-13(2)4-6-17-14/h3,13-14,17H,1,4-12H2,2H3,(H,18,21). The second kappa shape index (κ2) is 8.29. The number of rotatable bonds is 5. The average Bonchev–Trinajstić information content (AvgIpc) is 2.53. The molecule has 2 saturated heterocycles. The van der Waals surface area contributed by atoms with Crippen LogP contribution in [0.4, 0.5) is 0 Å². The van der Waals surface area contributed by atoms with Crippen LogP contribution in [0.15, 0.2) is 12.7 Å². The van der Waals surface area contributed by atoms with Gasteiger partial charge in [0, 0.05) is 32.7 Å². The van der Waals surface area contributed by atoms with Gasteiger partial charge in [-0.3, -0.25) is 14.5 Å². The molecule has 124 valence electrons. The van der Waals surface area contributed by atoms with Crippen molar-refractivity contribution in [2.75, 3.05) is 45.8 Å². The summed E-state index contributed by atoms with van der Waals surface area (Å²) in [4.78, 5) is 28.2. The van der Waals surface area contributed by atoms with Gasteiger partial charge in [-0.15, -0.1) is 6.58 Å². The van der Waals surface area contributed by atoms with Crippen LogP contribution in [-0.2, 0) is 9.59 Å². The van der Waals surface area contributed by atoms with E-state index in [9.17, 15) is 9.59 Å². The topological polar surface area (TPSA) is 64.7 Å². The molecule has 0 bridgehead atoms. The fourth-order valence-corrected chi connectivity index (χ4v) is 3.09. The molecule has 0 spiro atoms.